The quantitative estimate of drug-likeness (QED) is 0.311. The van der Waals surface area contributed by atoms with Crippen LogP contribution in [0.2, 0.25) is 0 Å². The van der Waals surface area contributed by atoms with Gasteiger partial charge in [0, 0.05) is 0 Å². The topological polar surface area (TPSA) is 0 Å². The molecule has 0 N–H and O–H groups in total. The predicted molar refractivity (Wildman–Crippen MR) is 85.1 cm³/mol. The molecule has 0 aromatic carbocycles. The highest BCUT2D eigenvalue weighted by Gasteiger charge is 2.19. The van der Waals surface area contributed by atoms with E-state index in [1.54, 1.807) is 0 Å². The van der Waals surface area contributed by atoms with E-state index in [2.05, 4.69) is 27.7 Å². The summed E-state index contributed by atoms with van der Waals surface area (Å²) in [6.07, 6.45) is 17.3. The molecule has 0 radical (unpaired) electrons. The normalized spacial score (nSPS) is 14.7. The summed E-state index contributed by atoms with van der Waals surface area (Å²) in [5.41, 5.74) is 0. The molecule has 0 bridgehead atoms. The highest BCUT2D eigenvalue weighted by atomic mass is 14.2. The molecule has 18 heavy (non-hydrogen) atoms. The highest BCUT2D eigenvalue weighted by Crippen LogP contribution is 2.31. The molecular weight excluding hydrogens is 216 g/mol. The van der Waals surface area contributed by atoms with Crippen LogP contribution in [0.3, 0.4) is 0 Å². The molecule has 0 saturated carbocycles. The van der Waals surface area contributed by atoms with Crippen molar-refractivity contribution in [3.63, 3.8) is 0 Å². The van der Waals surface area contributed by atoms with E-state index in [1.807, 2.05) is 0 Å². The lowest BCUT2D eigenvalue weighted by molar-refractivity contribution is 0.244. The van der Waals surface area contributed by atoms with Gasteiger partial charge in [0.2, 0.25) is 0 Å². The van der Waals surface area contributed by atoms with Crippen molar-refractivity contribution in [3.05, 3.63) is 0 Å². The Kier molecular flexibility index (Phi) is 13.4. The van der Waals surface area contributed by atoms with Gasteiger partial charge >= 0.3 is 0 Å². The lowest BCUT2D eigenvalue weighted by atomic mass is 9.79. The van der Waals surface area contributed by atoms with Crippen molar-refractivity contribution in [3.8, 4) is 0 Å². The number of hydrogen-bond acceptors (Lipinski definition) is 0. The van der Waals surface area contributed by atoms with E-state index in [1.165, 1.54) is 77.0 Å². The Balaban J connectivity index is 4.22. The van der Waals surface area contributed by atoms with E-state index >= 15 is 0 Å². The van der Waals surface area contributed by atoms with Crippen molar-refractivity contribution in [1.82, 2.24) is 0 Å². The average molecular weight is 255 g/mol. The maximum absolute atomic E-state index is 2.36. The van der Waals surface area contributed by atoms with Gasteiger partial charge in [0.05, 0.1) is 0 Å². The first kappa shape index (κ1) is 18.0. The van der Waals surface area contributed by atoms with Gasteiger partial charge in [-0.1, -0.05) is 105 Å². The summed E-state index contributed by atoms with van der Waals surface area (Å²) >= 11 is 0. The molecule has 0 aliphatic heterocycles. The van der Waals surface area contributed by atoms with Gasteiger partial charge in [-0.15, -0.1) is 0 Å². The first-order valence-electron chi connectivity index (χ1n) is 8.79. The van der Waals surface area contributed by atoms with Gasteiger partial charge in [-0.2, -0.15) is 0 Å². The fraction of sp³-hybridized carbons (Fsp3) is 1.00. The van der Waals surface area contributed by atoms with Crippen molar-refractivity contribution in [2.24, 2.45) is 11.8 Å². The van der Waals surface area contributed by atoms with E-state index in [0.717, 1.165) is 11.8 Å². The lowest BCUT2D eigenvalue weighted by Gasteiger charge is -2.27. The minimum atomic E-state index is 1.03. The minimum Gasteiger partial charge on any atom is -0.0654 e. The molecule has 0 aromatic rings. The van der Waals surface area contributed by atoms with Crippen LogP contribution in [0.15, 0.2) is 0 Å². The van der Waals surface area contributed by atoms with Crippen LogP contribution in [0, 0.1) is 11.8 Å². The molecule has 0 aromatic heterocycles. The summed E-state index contributed by atoms with van der Waals surface area (Å²) in [5.74, 6) is 2.06. The standard InChI is InChI=1S/C18H38/c1-5-9-12-16-18(15-11-7-3)17(13-8-4)14-10-6-2/h17-18H,5-16H2,1-4H3. The molecule has 0 heteroatoms. The van der Waals surface area contributed by atoms with Crippen LogP contribution >= 0.6 is 0 Å². The van der Waals surface area contributed by atoms with E-state index < -0.39 is 0 Å². The SMILES string of the molecule is CCCCCC(CCCC)C(CCC)CCCC. The van der Waals surface area contributed by atoms with Crippen molar-refractivity contribution in [2.75, 3.05) is 0 Å². The Morgan fingerprint density at radius 1 is 0.444 bits per heavy atom. The lowest BCUT2D eigenvalue weighted by Crippen LogP contribution is -2.15. The summed E-state index contributed by atoms with van der Waals surface area (Å²) < 4.78 is 0. The molecule has 0 rings (SSSR count). The van der Waals surface area contributed by atoms with Crippen molar-refractivity contribution in [1.29, 1.82) is 0 Å². The molecule has 0 saturated heterocycles. The van der Waals surface area contributed by atoms with Gasteiger partial charge < -0.3 is 0 Å². The molecule has 0 heterocycles. The van der Waals surface area contributed by atoms with E-state index in [9.17, 15) is 0 Å². The van der Waals surface area contributed by atoms with Crippen molar-refractivity contribution < 1.29 is 0 Å². The highest BCUT2D eigenvalue weighted by molar-refractivity contribution is 4.71. The summed E-state index contributed by atoms with van der Waals surface area (Å²) in [7, 11) is 0. The van der Waals surface area contributed by atoms with Crippen LogP contribution < -0.4 is 0 Å². The van der Waals surface area contributed by atoms with Gasteiger partial charge in [0.1, 0.15) is 0 Å². The fourth-order valence-electron chi connectivity index (χ4n) is 3.19. The predicted octanol–water partition coefficient (Wildman–Crippen LogP) is 6.98. The summed E-state index contributed by atoms with van der Waals surface area (Å²) in [6.45, 7) is 9.36. The van der Waals surface area contributed by atoms with Crippen LogP contribution in [0.5, 0.6) is 0 Å². The zero-order valence-corrected chi connectivity index (χ0v) is 13.6. The summed E-state index contributed by atoms with van der Waals surface area (Å²) in [4.78, 5) is 0. The fourth-order valence-corrected chi connectivity index (χ4v) is 3.19. The maximum Gasteiger partial charge on any atom is -0.0386 e. The van der Waals surface area contributed by atoms with Gasteiger partial charge in [-0.25, -0.2) is 0 Å². The van der Waals surface area contributed by atoms with E-state index in [-0.39, 0.29) is 0 Å². The van der Waals surface area contributed by atoms with Crippen LogP contribution in [0.25, 0.3) is 0 Å². The third-order valence-corrected chi connectivity index (χ3v) is 4.36. The van der Waals surface area contributed by atoms with Gasteiger partial charge in [-0.05, 0) is 11.8 Å². The summed E-state index contributed by atoms with van der Waals surface area (Å²) in [5, 5.41) is 0. The molecular formula is C18H38. The molecule has 0 spiro atoms. The van der Waals surface area contributed by atoms with Gasteiger partial charge in [-0.3, -0.25) is 0 Å². The molecule has 2 atom stereocenters. The van der Waals surface area contributed by atoms with Gasteiger partial charge in [0.15, 0.2) is 0 Å². The number of unbranched alkanes of at least 4 members (excludes halogenated alkanes) is 4. The van der Waals surface area contributed by atoms with E-state index in [0.29, 0.717) is 0 Å². The second-order valence-corrected chi connectivity index (χ2v) is 6.09. The second-order valence-electron chi connectivity index (χ2n) is 6.09. The smallest absolute Gasteiger partial charge is 0.0386 e. The Morgan fingerprint density at radius 2 is 0.889 bits per heavy atom. The zero-order valence-electron chi connectivity index (χ0n) is 13.6. The molecule has 2 unspecified atom stereocenters. The molecule has 0 nitrogen and oxygen atoms in total. The Morgan fingerprint density at radius 3 is 1.33 bits per heavy atom. The third-order valence-electron chi connectivity index (χ3n) is 4.36. The largest absolute Gasteiger partial charge is 0.0654 e. The summed E-state index contributed by atoms with van der Waals surface area (Å²) in [6, 6.07) is 0. The van der Waals surface area contributed by atoms with Crippen LogP contribution in [-0.2, 0) is 0 Å². The number of hydrogen-bond donors (Lipinski definition) is 0. The Hall–Kier alpha value is 0. The Bertz CT molecular complexity index is 150. The van der Waals surface area contributed by atoms with Crippen LogP contribution in [0.1, 0.15) is 105 Å². The molecule has 0 amide bonds. The monoisotopic (exact) mass is 254 g/mol. The maximum atomic E-state index is 2.36. The minimum absolute atomic E-state index is 1.03. The van der Waals surface area contributed by atoms with Crippen molar-refractivity contribution >= 4 is 0 Å². The molecule has 0 aliphatic rings. The first-order chi connectivity index (χ1) is 8.79. The van der Waals surface area contributed by atoms with Crippen LogP contribution in [0.4, 0.5) is 0 Å². The Labute approximate surface area is 117 Å². The zero-order chi connectivity index (χ0) is 13.6. The molecule has 110 valence electrons. The van der Waals surface area contributed by atoms with Gasteiger partial charge in [0.25, 0.3) is 0 Å². The number of rotatable bonds is 13. The van der Waals surface area contributed by atoms with E-state index in [4.69, 9.17) is 0 Å². The molecule has 0 aliphatic carbocycles. The average Bonchev–Trinajstić information content (AvgIpc) is 2.39. The van der Waals surface area contributed by atoms with Crippen LogP contribution in [-0.4, -0.2) is 0 Å². The first-order valence-corrected chi connectivity index (χ1v) is 8.79. The third kappa shape index (κ3) is 9.00. The molecule has 0 fully saturated rings. The second kappa shape index (κ2) is 13.4. The van der Waals surface area contributed by atoms with Crippen molar-refractivity contribution in [2.45, 2.75) is 105 Å².